The molecule has 0 spiro atoms. The number of carboxylic acid groups (broad SMARTS) is 1. The Morgan fingerprint density at radius 2 is 1.58 bits per heavy atom. The predicted octanol–water partition coefficient (Wildman–Crippen LogP) is 4.60. The Hall–Kier alpha value is -3.77. The van der Waals surface area contributed by atoms with E-state index in [4.69, 9.17) is 0 Å². The zero-order chi connectivity index (χ0) is 23.0. The molecule has 162 valence electrons. The van der Waals surface area contributed by atoms with Gasteiger partial charge in [0.1, 0.15) is 6.33 Å². The zero-order valence-corrected chi connectivity index (χ0v) is 14.9. The average Bonchev–Trinajstić information content (AvgIpc) is 3.14. The van der Waals surface area contributed by atoms with Gasteiger partial charge in [-0.05, 0) is 30.3 Å². The molecule has 0 amide bonds. The highest BCUT2D eigenvalue weighted by Gasteiger charge is 2.37. The number of halogens is 7. The SMILES string of the molecule is O=C(O)/C(=C/n1cnc(-c2cc(C(F)(F)F)cc(C(F)(F)F)c2)n1)c1ccc(F)nc1. The van der Waals surface area contributed by atoms with E-state index >= 15 is 0 Å². The van der Waals surface area contributed by atoms with Crippen LogP contribution in [0.1, 0.15) is 16.7 Å². The first-order chi connectivity index (χ1) is 14.3. The highest BCUT2D eigenvalue weighted by molar-refractivity contribution is 6.19. The highest BCUT2D eigenvalue weighted by Crippen LogP contribution is 2.38. The minimum absolute atomic E-state index is 0.0237. The van der Waals surface area contributed by atoms with Gasteiger partial charge in [0.25, 0.3) is 0 Å². The number of pyridine rings is 1. The smallest absolute Gasteiger partial charge is 0.416 e. The van der Waals surface area contributed by atoms with Crippen molar-refractivity contribution in [1.82, 2.24) is 19.7 Å². The van der Waals surface area contributed by atoms with Crippen molar-refractivity contribution in [3.63, 3.8) is 0 Å². The topological polar surface area (TPSA) is 80.9 Å². The standard InChI is InChI=1S/C18H9F7N4O2/c19-14-2-1-9(6-26-14)13(16(30)31)7-29-8-27-15(28-29)10-3-11(17(20,21)22)5-12(4-10)18(23,24)25/h1-8H,(H,30,31)/b13-7+. The number of hydrogen-bond acceptors (Lipinski definition) is 4. The van der Waals surface area contributed by atoms with E-state index in [0.717, 1.165) is 35.5 Å². The third kappa shape index (κ3) is 5.05. The summed E-state index contributed by atoms with van der Waals surface area (Å²) in [5.74, 6) is -2.83. The molecule has 0 radical (unpaired) electrons. The van der Waals surface area contributed by atoms with Crippen molar-refractivity contribution < 1.29 is 40.6 Å². The van der Waals surface area contributed by atoms with Crippen LogP contribution in [-0.4, -0.2) is 30.8 Å². The molecule has 0 saturated carbocycles. The molecule has 6 nitrogen and oxygen atoms in total. The van der Waals surface area contributed by atoms with Crippen molar-refractivity contribution >= 4 is 17.7 Å². The molecule has 0 fully saturated rings. The van der Waals surface area contributed by atoms with Crippen LogP contribution in [0.3, 0.4) is 0 Å². The first kappa shape index (κ1) is 21.9. The molecule has 3 aromatic rings. The maximum absolute atomic E-state index is 13.0. The number of benzene rings is 1. The van der Waals surface area contributed by atoms with Crippen LogP contribution < -0.4 is 0 Å². The monoisotopic (exact) mass is 446 g/mol. The van der Waals surface area contributed by atoms with Crippen LogP contribution in [0, 0.1) is 5.95 Å². The van der Waals surface area contributed by atoms with Gasteiger partial charge in [0.15, 0.2) is 5.82 Å². The van der Waals surface area contributed by atoms with Crippen LogP contribution in [0.25, 0.3) is 23.2 Å². The van der Waals surface area contributed by atoms with Crippen LogP contribution >= 0.6 is 0 Å². The molecule has 13 heteroatoms. The van der Waals surface area contributed by atoms with Crippen molar-refractivity contribution in [2.75, 3.05) is 0 Å². The number of alkyl halides is 6. The molecule has 31 heavy (non-hydrogen) atoms. The average molecular weight is 446 g/mol. The summed E-state index contributed by atoms with van der Waals surface area (Å²) in [6, 6.07) is 2.87. The lowest BCUT2D eigenvalue weighted by atomic mass is 10.0. The summed E-state index contributed by atoms with van der Waals surface area (Å²) in [6.07, 6.45) is -7.39. The Bertz CT molecular complexity index is 1120. The largest absolute Gasteiger partial charge is 0.478 e. The zero-order valence-electron chi connectivity index (χ0n) is 14.9. The molecular weight excluding hydrogens is 437 g/mol. The summed E-state index contributed by atoms with van der Waals surface area (Å²) in [5, 5.41) is 13.1. The third-order valence-corrected chi connectivity index (χ3v) is 3.88. The van der Waals surface area contributed by atoms with E-state index in [9.17, 15) is 40.6 Å². The van der Waals surface area contributed by atoms with Crippen molar-refractivity contribution in [2.45, 2.75) is 12.4 Å². The van der Waals surface area contributed by atoms with E-state index in [0.29, 0.717) is 12.1 Å². The second-order valence-corrected chi connectivity index (χ2v) is 6.06. The molecule has 0 aliphatic heterocycles. The van der Waals surface area contributed by atoms with Crippen molar-refractivity contribution in [3.05, 3.63) is 65.5 Å². The summed E-state index contributed by atoms with van der Waals surface area (Å²) in [7, 11) is 0. The molecule has 0 bridgehead atoms. The van der Waals surface area contributed by atoms with Crippen LogP contribution in [0.15, 0.2) is 42.9 Å². The van der Waals surface area contributed by atoms with Crippen LogP contribution in [0.2, 0.25) is 0 Å². The number of aromatic nitrogens is 4. The lowest BCUT2D eigenvalue weighted by molar-refractivity contribution is -0.143. The van der Waals surface area contributed by atoms with Gasteiger partial charge < -0.3 is 5.11 Å². The van der Waals surface area contributed by atoms with E-state index in [-0.39, 0.29) is 11.6 Å². The van der Waals surface area contributed by atoms with Gasteiger partial charge >= 0.3 is 18.3 Å². The number of rotatable bonds is 4. The lowest BCUT2D eigenvalue weighted by Gasteiger charge is -2.13. The second kappa shape index (κ2) is 7.81. The molecule has 0 aliphatic carbocycles. The minimum atomic E-state index is -5.05. The van der Waals surface area contributed by atoms with Gasteiger partial charge in [-0.3, -0.25) is 0 Å². The summed E-state index contributed by atoms with van der Waals surface area (Å²) in [5.41, 5.74) is -4.12. The fourth-order valence-electron chi connectivity index (χ4n) is 2.47. The molecule has 0 unspecified atom stereocenters. The summed E-state index contributed by atoms with van der Waals surface area (Å²) < 4.78 is 91.8. The fraction of sp³-hybridized carbons (Fsp3) is 0.111. The van der Waals surface area contributed by atoms with Gasteiger partial charge in [-0.15, -0.1) is 5.10 Å². The first-order valence-electron chi connectivity index (χ1n) is 8.12. The van der Waals surface area contributed by atoms with Gasteiger partial charge in [-0.1, -0.05) is 0 Å². The van der Waals surface area contributed by atoms with Gasteiger partial charge in [0, 0.05) is 23.5 Å². The first-order valence-corrected chi connectivity index (χ1v) is 8.12. The number of carboxylic acids is 1. The highest BCUT2D eigenvalue weighted by atomic mass is 19.4. The van der Waals surface area contributed by atoms with Gasteiger partial charge in [-0.2, -0.15) is 30.7 Å². The minimum Gasteiger partial charge on any atom is -0.478 e. The number of carbonyl (C=O) groups is 1. The fourth-order valence-corrected chi connectivity index (χ4v) is 2.47. The Balaban J connectivity index is 2.06. The van der Waals surface area contributed by atoms with Crippen LogP contribution in [-0.2, 0) is 17.1 Å². The number of aliphatic carboxylic acids is 1. The molecule has 3 rings (SSSR count). The maximum atomic E-state index is 13.0. The van der Waals surface area contributed by atoms with Crippen molar-refractivity contribution in [3.8, 4) is 11.4 Å². The van der Waals surface area contributed by atoms with Gasteiger partial charge in [-0.25, -0.2) is 19.4 Å². The molecule has 0 aliphatic rings. The van der Waals surface area contributed by atoms with E-state index in [1.165, 1.54) is 0 Å². The maximum Gasteiger partial charge on any atom is 0.416 e. The summed E-state index contributed by atoms with van der Waals surface area (Å²) in [4.78, 5) is 18.4. The second-order valence-electron chi connectivity index (χ2n) is 6.06. The Morgan fingerprint density at radius 1 is 0.968 bits per heavy atom. The van der Waals surface area contributed by atoms with Gasteiger partial charge in [0.05, 0.1) is 16.7 Å². The molecule has 1 N–H and O–H groups in total. The Kier molecular flexibility index (Phi) is 5.53. The molecule has 2 aromatic heterocycles. The lowest BCUT2D eigenvalue weighted by Crippen LogP contribution is -2.11. The van der Waals surface area contributed by atoms with E-state index in [1.807, 2.05) is 0 Å². The normalized spacial score (nSPS) is 12.8. The Morgan fingerprint density at radius 3 is 2.06 bits per heavy atom. The van der Waals surface area contributed by atoms with Crippen LogP contribution in [0.5, 0.6) is 0 Å². The molecule has 0 atom stereocenters. The van der Waals surface area contributed by atoms with Crippen molar-refractivity contribution in [1.29, 1.82) is 0 Å². The number of hydrogen-bond donors (Lipinski definition) is 1. The summed E-state index contributed by atoms with van der Waals surface area (Å²) >= 11 is 0. The molecule has 2 heterocycles. The van der Waals surface area contributed by atoms with Crippen LogP contribution in [0.4, 0.5) is 30.7 Å². The van der Waals surface area contributed by atoms with E-state index < -0.39 is 52.4 Å². The van der Waals surface area contributed by atoms with Gasteiger partial charge in [0.2, 0.25) is 5.95 Å². The quantitative estimate of drug-likeness (QED) is 0.360. The molecular formula is C18H9F7N4O2. The van der Waals surface area contributed by atoms with E-state index in [1.54, 1.807) is 0 Å². The molecule has 0 saturated heterocycles. The summed E-state index contributed by atoms with van der Waals surface area (Å²) in [6.45, 7) is 0. The Labute approximate surface area is 168 Å². The number of nitrogens with zero attached hydrogens (tertiary/aromatic N) is 4. The third-order valence-electron chi connectivity index (χ3n) is 3.88. The molecule has 1 aromatic carbocycles. The van der Waals surface area contributed by atoms with E-state index in [2.05, 4.69) is 15.1 Å². The predicted molar refractivity (Wildman–Crippen MR) is 91.5 cm³/mol. The van der Waals surface area contributed by atoms with Crippen molar-refractivity contribution in [2.24, 2.45) is 0 Å².